The molecule has 51 heavy (non-hydrogen) atoms. The van der Waals surface area contributed by atoms with Gasteiger partial charge in [0.05, 0.1) is 32.0 Å². The Labute approximate surface area is 306 Å². The summed E-state index contributed by atoms with van der Waals surface area (Å²) in [5.41, 5.74) is 3.07. The predicted octanol–water partition coefficient (Wildman–Crippen LogP) is 8.04. The lowest BCUT2D eigenvalue weighted by molar-refractivity contribution is -0.667. The minimum atomic E-state index is -4.34. The quantitative estimate of drug-likeness (QED) is 0.103. The monoisotopic (exact) mass is 759 g/mol. The first-order valence-corrected chi connectivity index (χ1v) is 21.3. The van der Waals surface area contributed by atoms with Gasteiger partial charge in [-0.3, -0.25) is 9.54 Å². The second-order valence-electron chi connectivity index (χ2n) is 11.9. The number of rotatable bonds is 11. The highest BCUT2D eigenvalue weighted by atomic mass is 32.2. The van der Waals surface area contributed by atoms with Crippen LogP contribution in [-0.4, -0.2) is 49.0 Å². The highest BCUT2D eigenvalue weighted by molar-refractivity contribution is 8.03. The van der Waals surface area contributed by atoms with E-state index in [1.807, 2.05) is 48.5 Å². The van der Waals surface area contributed by atoms with Crippen molar-refractivity contribution in [2.45, 2.75) is 37.6 Å². The maximum Gasteiger partial charge on any atom is 0.264 e. The summed E-state index contributed by atoms with van der Waals surface area (Å²) in [6, 6.07) is 30.2. The second-order valence-corrected chi connectivity index (χ2v) is 17.2. The summed E-state index contributed by atoms with van der Waals surface area (Å²) in [6.07, 6.45) is 8.92. The Bertz CT molecular complexity index is 2440. The molecule has 1 aliphatic heterocycles. The molecule has 13 heteroatoms. The molecule has 0 unspecified atom stereocenters. The van der Waals surface area contributed by atoms with Crippen LogP contribution in [0.4, 0.5) is 5.69 Å². The van der Waals surface area contributed by atoms with E-state index in [0.29, 0.717) is 19.5 Å². The molecule has 0 saturated heterocycles. The van der Waals surface area contributed by atoms with Crippen LogP contribution in [0, 0.1) is 0 Å². The van der Waals surface area contributed by atoms with E-state index in [0.717, 1.165) is 58.0 Å². The number of hydrogen-bond donors (Lipinski definition) is 1. The average molecular weight is 760 g/mol. The van der Waals surface area contributed by atoms with Gasteiger partial charge in [0.2, 0.25) is 5.52 Å². The minimum absolute atomic E-state index is 0.203. The van der Waals surface area contributed by atoms with E-state index >= 15 is 0 Å². The third-order valence-electron chi connectivity index (χ3n) is 8.38. The first kappa shape index (κ1) is 36.7. The Balaban J connectivity index is 0.000000677. The lowest BCUT2D eigenvalue weighted by Gasteiger charge is -2.22. The van der Waals surface area contributed by atoms with Crippen LogP contribution in [0.1, 0.15) is 31.2 Å². The normalized spacial score (nSPS) is 14.3. The van der Waals surface area contributed by atoms with Gasteiger partial charge in [-0.05, 0) is 65.6 Å². The summed E-state index contributed by atoms with van der Waals surface area (Å²) in [6.45, 7) is 2.86. The maximum absolute atomic E-state index is 11.5. The van der Waals surface area contributed by atoms with E-state index < -0.39 is 26.0 Å². The highest BCUT2D eigenvalue weighted by Gasteiger charge is 2.28. The van der Waals surface area contributed by atoms with Crippen molar-refractivity contribution in [2.75, 3.05) is 23.0 Å². The summed E-state index contributed by atoms with van der Waals surface area (Å²) in [4.78, 5) is 7.00. The van der Waals surface area contributed by atoms with Crippen molar-refractivity contribution in [3.63, 3.8) is 0 Å². The molecule has 9 nitrogen and oxygen atoms in total. The van der Waals surface area contributed by atoms with Gasteiger partial charge in [0.15, 0.2) is 6.54 Å². The lowest BCUT2D eigenvalue weighted by Crippen LogP contribution is -2.36. The minimum Gasteiger partial charge on any atom is -0.748 e. The molecule has 0 amide bonds. The van der Waals surface area contributed by atoms with Crippen molar-refractivity contribution in [3.8, 4) is 0 Å². The Hall–Kier alpha value is -4.11. The van der Waals surface area contributed by atoms with Gasteiger partial charge >= 0.3 is 0 Å². The van der Waals surface area contributed by atoms with Crippen molar-refractivity contribution < 1.29 is 30.5 Å². The van der Waals surface area contributed by atoms with E-state index in [-0.39, 0.29) is 18.6 Å². The standard InChI is InChI=1S/C33H32N2O6S4.C5H5N/c1-2-23(21-30-34(17-7-19-44(36,37)38)32-26-11-5-3-9-24(26)13-15-28(32)42-30)22-31-35(18-8-20-45(39,40)41)33-27-12-6-4-10-25(27)14-16-29(33)43-31;1-2-4-6-5-3-1/h3-6,9-16,21-22H,2,7-8,17-20H2,1H3,(H-,36,37,38,39,40,41);1-5H. The van der Waals surface area contributed by atoms with Crippen LogP contribution in [0.15, 0.2) is 125 Å². The zero-order valence-electron chi connectivity index (χ0n) is 27.9. The summed E-state index contributed by atoms with van der Waals surface area (Å²) < 4.78 is 70.0. The molecule has 0 bridgehead atoms. The largest absolute Gasteiger partial charge is 0.748 e. The number of aryl methyl sites for hydroxylation is 1. The van der Waals surface area contributed by atoms with Gasteiger partial charge in [-0.1, -0.05) is 90.7 Å². The van der Waals surface area contributed by atoms with Gasteiger partial charge < -0.3 is 9.45 Å². The van der Waals surface area contributed by atoms with Crippen LogP contribution in [0.3, 0.4) is 0 Å². The maximum atomic E-state index is 11.5. The Morgan fingerprint density at radius 2 is 1.55 bits per heavy atom. The number of allylic oxidation sites excluding steroid dienone is 2. The molecular formula is C38H37N3O6S4. The fourth-order valence-electron chi connectivity index (χ4n) is 6.09. The molecule has 6 aromatic rings. The third-order valence-corrected chi connectivity index (χ3v) is 12.2. The van der Waals surface area contributed by atoms with Gasteiger partial charge in [0.25, 0.3) is 15.1 Å². The Morgan fingerprint density at radius 3 is 2.20 bits per heavy atom. The predicted molar refractivity (Wildman–Crippen MR) is 207 cm³/mol. The molecule has 0 aliphatic carbocycles. The summed E-state index contributed by atoms with van der Waals surface area (Å²) >= 11 is 3.25. The van der Waals surface area contributed by atoms with E-state index in [2.05, 4.69) is 76.0 Å². The van der Waals surface area contributed by atoms with Crippen LogP contribution < -0.4 is 9.47 Å². The number of thioether (sulfide) groups is 1. The zero-order valence-corrected chi connectivity index (χ0v) is 31.1. The van der Waals surface area contributed by atoms with E-state index in [9.17, 15) is 25.9 Å². The van der Waals surface area contributed by atoms with E-state index in [1.54, 1.807) is 35.5 Å². The fourth-order valence-corrected chi connectivity index (χ4v) is 9.43. The number of anilines is 1. The number of benzene rings is 4. The smallest absolute Gasteiger partial charge is 0.264 e. The number of nitrogens with zero attached hydrogens (tertiary/aromatic N) is 3. The van der Waals surface area contributed by atoms with Crippen LogP contribution in [0.2, 0.25) is 0 Å². The second kappa shape index (κ2) is 16.1. The summed E-state index contributed by atoms with van der Waals surface area (Å²) in [7, 11) is -8.44. The van der Waals surface area contributed by atoms with E-state index in [4.69, 9.17) is 0 Å². The molecule has 1 N–H and O–H groups in total. The topological polar surface area (TPSA) is 132 Å². The van der Waals surface area contributed by atoms with Crippen LogP contribution >= 0.6 is 23.1 Å². The average Bonchev–Trinajstić information content (AvgIpc) is 3.65. The summed E-state index contributed by atoms with van der Waals surface area (Å²) in [5.74, 6) is -0.760. The third kappa shape index (κ3) is 9.23. The fraction of sp³-hybridized carbons (Fsp3) is 0.211. The number of pyridine rings is 1. The zero-order chi connectivity index (χ0) is 36.0. The van der Waals surface area contributed by atoms with Crippen LogP contribution in [-0.2, 0) is 26.8 Å². The molecule has 0 saturated carbocycles. The van der Waals surface area contributed by atoms with Gasteiger partial charge in [0, 0.05) is 47.5 Å². The van der Waals surface area contributed by atoms with Crippen molar-refractivity contribution in [1.29, 1.82) is 0 Å². The highest BCUT2D eigenvalue weighted by Crippen LogP contribution is 2.50. The SMILES string of the molecule is CCC(/C=C1\Sc2ccc3ccccc3c2N1CCCS(=O)(=O)O)=C\c1sc2ccc3ccccc3c2[n+]1CCCS(=O)(=O)[O-].c1ccncc1. The molecule has 0 atom stereocenters. The number of fused-ring (bicyclic) bond motifs is 6. The first-order chi connectivity index (χ1) is 24.5. The first-order valence-electron chi connectivity index (χ1n) is 16.5. The van der Waals surface area contributed by atoms with Crippen molar-refractivity contribution in [2.24, 2.45) is 0 Å². The van der Waals surface area contributed by atoms with Gasteiger partial charge in [-0.2, -0.15) is 13.0 Å². The van der Waals surface area contributed by atoms with Gasteiger partial charge in [-0.15, -0.1) is 0 Å². The molecule has 2 aromatic heterocycles. The number of thiazole rings is 1. The van der Waals surface area contributed by atoms with Gasteiger partial charge in [0.1, 0.15) is 4.70 Å². The Morgan fingerprint density at radius 1 is 0.863 bits per heavy atom. The molecule has 7 rings (SSSR count). The lowest BCUT2D eigenvalue weighted by atomic mass is 10.1. The van der Waals surface area contributed by atoms with Gasteiger partial charge in [-0.25, -0.2) is 8.42 Å². The Kier molecular flexibility index (Phi) is 11.5. The van der Waals surface area contributed by atoms with Crippen molar-refractivity contribution in [1.82, 2.24) is 4.98 Å². The number of hydrogen-bond acceptors (Lipinski definition) is 9. The summed E-state index contributed by atoms with van der Waals surface area (Å²) in [5, 5.41) is 6.20. The van der Waals surface area contributed by atoms with Crippen LogP contribution in [0.5, 0.6) is 0 Å². The molecule has 1 aliphatic rings. The van der Waals surface area contributed by atoms with Crippen molar-refractivity contribution >= 4 is 86.9 Å². The molecule has 4 aromatic carbocycles. The molecule has 0 spiro atoms. The number of aromatic nitrogens is 2. The van der Waals surface area contributed by atoms with E-state index in [1.165, 1.54) is 0 Å². The molecule has 0 fully saturated rings. The molecular weight excluding hydrogens is 723 g/mol. The molecule has 0 radical (unpaired) electrons. The van der Waals surface area contributed by atoms with Crippen LogP contribution in [0.25, 0.3) is 37.8 Å². The van der Waals surface area contributed by atoms with Crippen molar-refractivity contribution in [3.05, 3.63) is 125 Å². The molecule has 264 valence electrons. The molecule has 3 heterocycles.